The highest BCUT2D eigenvalue weighted by Gasteiger charge is 2.03. The third-order valence-corrected chi connectivity index (χ3v) is 2.43. The predicted octanol–water partition coefficient (Wildman–Crippen LogP) is 0.368. The highest BCUT2D eigenvalue weighted by atomic mass is 79.9. The van der Waals surface area contributed by atoms with E-state index in [1.54, 1.807) is 12.3 Å². The van der Waals surface area contributed by atoms with Gasteiger partial charge in [-0.05, 0) is 29.0 Å². The summed E-state index contributed by atoms with van der Waals surface area (Å²) in [6.07, 6.45) is 1.60. The Balaban J connectivity index is 0.00000256. The first-order chi connectivity index (χ1) is 7.63. The molecule has 0 saturated carbocycles. The first kappa shape index (κ1) is 16.1. The Morgan fingerprint density at radius 3 is 2.76 bits per heavy atom. The van der Waals surface area contributed by atoms with Gasteiger partial charge in [-0.1, -0.05) is 0 Å². The molecule has 1 rings (SSSR count). The summed E-state index contributed by atoms with van der Waals surface area (Å²) >= 11 is 3.25. The average molecular weight is 325 g/mol. The monoisotopic (exact) mass is 323 g/mol. The molecular weight excluding hydrogens is 309 g/mol. The van der Waals surface area contributed by atoms with E-state index in [9.17, 15) is 9.59 Å². The standard InChI is InChI=1S/C10H14BrN3O2.ClH/c1-12-4-5-13-9(15)7-14-6-8(11)2-3-10(14)16;/h2-3,6,12H,4-5,7H2,1H3,(H,13,15);1H. The third kappa shape index (κ3) is 5.86. The Morgan fingerprint density at radius 1 is 1.41 bits per heavy atom. The van der Waals surface area contributed by atoms with Crippen LogP contribution in [0.2, 0.25) is 0 Å². The molecule has 96 valence electrons. The van der Waals surface area contributed by atoms with Gasteiger partial charge in [0.05, 0.1) is 0 Å². The summed E-state index contributed by atoms with van der Waals surface area (Å²) in [5.41, 5.74) is -0.188. The fourth-order valence-corrected chi connectivity index (χ4v) is 1.54. The van der Waals surface area contributed by atoms with Crippen LogP contribution in [0, 0.1) is 0 Å². The maximum absolute atomic E-state index is 11.4. The van der Waals surface area contributed by atoms with Crippen molar-refractivity contribution in [1.29, 1.82) is 0 Å². The van der Waals surface area contributed by atoms with E-state index in [2.05, 4.69) is 26.6 Å². The minimum absolute atomic E-state index is 0. The van der Waals surface area contributed by atoms with Gasteiger partial charge >= 0.3 is 0 Å². The zero-order valence-electron chi connectivity index (χ0n) is 9.40. The van der Waals surface area contributed by atoms with Gasteiger partial charge < -0.3 is 15.2 Å². The van der Waals surface area contributed by atoms with Crippen LogP contribution in [0.3, 0.4) is 0 Å². The second-order valence-electron chi connectivity index (χ2n) is 3.27. The van der Waals surface area contributed by atoms with Gasteiger partial charge in [-0.3, -0.25) is 9.59 Å². The van der Waals surface area contributed by atoms with E-state index in [1.165, 1.54) is 10.6 Å². The van der Waals surface area contributed by atoms with Gasteiger partial charge in [0, 0.05) is 29.8 Å². The fourth-order valence-electron chi connectivity index (χ4n) is 1.16. The number of aromatic nitrogens is 1. The Kier molecular flexibility index (Phi) is 7.86. The van der Waals surface area contributed by atoms with E-state index >= 15 is 0 Å². The van der Waals surface area contributed by atoms with Crippen molar-refractivity contribution in [3.63, 3.8) is 0 Å². The number of pyridine rings is 1. The minimum atomic E-state index is -0.188. The van der Waals surface area contributed by atoms with Crippen molar-refractivity contribution in [2.45, 2.75) is 6.54 Å². The van der Waals surface area contributed by atoms with Crippen LogP contribution < -0.4 is 16.2 Å². The van der Waals surface area contributed by atoms with Crippen LogP contribution in [-0.2, 0) is 11.3 Å². The zero-order valence-corrected chi connectivity index (χ0v) is 11.8. The van der Waals surface area contributed by atoms with Crippen molar-refractivity contribution in [3.8, 4) is 0 Å². The lowest BCUT2D eigenvalue weighted by Crippen LogP contribution is -2.35. The summed E-state index contributed by atoms with van der Waals surface area (Å²) in [5.74, 6) is -0.171. The summed E-state index contributed by atoms with van der Waals surface area (Å²) in [6.45, 7) is 1.30. The van der Waals surface area contributed by atoms with Crippen LogP contribution in [0.4, 0.5) is 0 Å². The molecule has 0 aliphatic heterocycles. The SMILES string of the molecule is CNCCNC(=O)Cn1cc(Br)ccc1=O.Cl. The highest BCUT2D eigenvalue weighted by molar-refractivity contribution is 9.10. The molecule has 1 aromatic rings. The van der Waals surface area contributed by atoms with Gasteiger partial charge in [-0.25, -0.2) is 0 Å². The lowest BCUT2D eigenvalue weighted by molar-refractivity contribution is -0.121. The topological polar surface area (TPSA) is 63.1 Å². The normalized spacial score (nSPS) is 9.53. The van der Waals surface area contributed by atoms with Gasteiger partial charge in [-0.2, -0.15) is 0 Å². The number of carbonyl (C=O) groups is 1. The molecule has 0 fully saturated rings. The molecule has 0 unspecified atom stereocenters. The van der Waals surface area contributed by atoms with Crippen LogP contribution in [0.25, 0.3) is 0 Å². The molecule has 0 atom stereocenters. The first-order valence-corrected chi connectivity index (χ1v) is 5.70. The molecule has 0 aromatic carbocycles. The number of nitrogens with zero attached hydrogens (tertiary/aromatic N) is 1. The van der Waals surface area contributed by atoms with Gasteiger partial charge in [0.15, 0.2) is 0 Å². The largest absolute Gasteiger partial charge is 0.353 e. The quantitative estimate of drug-likeness (QED) is 0.769. The molecule has 2 N–H and O–H groups in total. The van der Waals surface area contributed by atoms with Crippen LogP contribution in [0.5, 0.6) is 0 Å². The lowest BCUT2D eigenvalue weighted by atomic mass is 10.4. The van der Waals surface area contributed by atoms with Crippen LogP contribution >= 0.6 is 28.3 Å². The van der Waals surface area contributed by atoms with Gasteiger partial charge in [0.2, 0.25) is 5.91 Å². The number of halogens is 2. The van der Waals surface area contributed by atoms with Crippen molar-refractivity contribution < 1.29 is 4.79 Å². The number of rotatable bonds is 5. The second kappa shape index (κ2) is 8.27. The number of hydrogen-bond acceptors (Lipinski definition) is 3. The Morgan fingerprint density at radius 2 is 2.12 bits per heavy atom. The number of likely N-dealkylation sites (N-methyl/N-ethyl adjacent to an activating group) is 1. The summed E-state index contributed by atoms with van der Waals surface area (Å²) < 4.78 is 2.13. The van der Waals surface area contributed by atoms with Crippen molar-refractivity contribution >= 4 is 34.2 Å². The molecule has 0 aliphatic rings. The maximum Gasteiger partial charge on any atom is 0.251 e. The Bertz CT molecular complexity index is 422. The molecular formula is C10H15BrClN3O2. The molecule has 1 aromatic heterocycles. The van der Waals surface area contributed by atoms with Crippen LogP contribution in [0.15, 0.2) is 27.6 Å². The van der Waals surface area contributed by atoms with E-state index in [0.717, 1.165) is 4.47 Å². The number of nitrogens with one attached hydrogen (secondary N) is 2. The Hall–Kier alpha value is -0.850. The number of amides is 1. The molecule has 17 heavy (non-hydrogen) atoms. The molecule has 7 heteroatoms. The molecule has 0 saturated heterocycles. The smallest absolute Gasteiger partial charge is 0.251 e. The minimum Gasteiger partial charge on any atom is -0.353 e. The summed E-state index contributed by atoms with van der Waals surface area (Å²) in [4.78, 5) is 22.8. The van der Waals surface area contributed by atoms with Crippen molar-refractivity contribution in [2.75, 3.05) is 20.1 Å². The molecule has 0 bridgehead atoms. The van der Waals surface area contributed by atoms with E-state index in [-0.39, 0.29) is 30.4 Å². The molecule has 1 heterocycles. The van der Waals surface area contributed by atoms with Crippen LogP contribution in [0.1, 0.15) is 0 Å². The Labute approximate surface area is 114 Å². The first-order valence-electron chi connectivity index (χ1n) is 4.91. The van der Waals surface area contributed by atoms with Crippen molar-refractivity contribution in [1.82, 2.24) is 15.2 Å². The number of carbonyl (C=O) groups excluding carboxylic acids is 1. The van der Waals surface area contributed by atoms with Crippen molar-refractivity contribution in [3.05, 3.63) is 33.2 Å². The van der Waals surface area contributed by atoms with E-state index in [0.29, 0.717) is 13.1 Å². The molecule has 0 aliphatic carbocycles. The van der Waals surface area contributed by atoms with Crippen LogP contribution in [-0.4, -0.2) is 30.6 Å². The average Bonchev–Trinajstić information content (AvgIpc) is 2.24. The molecule has 0 spiro atoms. The van der Waals surface area contributed by atoms with E-state index in [1.807, 2.05) is 7.05 Å². The maximum atomic E-state index is 11.4. The zero-order chi connectivity index (χ0) is 12.0. The van der Waals surface area contributed by atoms with Gasteiger partial charge in [-0.15, -0.1) is 12.4 Å². The predicted molar refractivity (Wildman–Crippen MR) is 72.6 cm³/mol. The third-order valence-electron chi connectivity index (χ3n) is 1.96. The molecule has 1 amide bonds. The summed E-state index contributed by atoms with van der Waals surface area (Å²) in [6, 6.07) is 3.07. The van der Waals surface area contributed by atoms with Crippen molar-refractivity contribution in [2.24, 2.45) is 0 Å². The lowest BCUT2D eigenvalue weighted by Gasteiger charge is -2.07. The molecule has 5 nitrogen and oxygen atoms in total. The second-order valence-corrected chi connectivity index (χ2v) is 4.18. The molecule has 0 radical (unpaired) electrons. The fraction of sp³-hybridized carbons (Fsp3) is 0.400. The van der Waals surface area contributed by atoms with E-state index < -0.39 is 0 Å². The number of hydrogen-bond donors (Lipinski definition) is 2. The highest BCUT2D eigenvalue weighted by Crippen LogP contribution is 2.04. The van der Waals surface area contributed by atoms with Gasteiger partial charge in [0.1, 0.15) is 6.54 Å². The van der Waals surface area contributed by atoms with Gasteiger partial charge in [0.25, 0.3) is 5.56 Å². The summed E-state index contributed by atoms with van der Waals surface area (Å²) in [5, 5.41) is 5.62. The van der Waals surface area contributed by atoms with E-state index in [4.69, 9.17) is 0 Å². The summed E-state index contributed by atoms with van der Waals surface area (Å²) in [7, 11) is 1.81.